The molecule has 0 bridgehead atoms. The van der Waals surface area contributed by atoms with Crippen molar-refractivity contribution >= 4 is 11.8 Å². The molecule has 4 heteroatoms. The summed E-state index contributed by atoms with van der Waals surface area (Å²) in [4.78, 5) is 24.4. The van der Waals surface area contributed by atoms with Crippen LogP contribution in [0.2, 0.25) is 0 Å². The Hall–Kier alpha value is -1.84. The second-order valence-electron chi connectivity index (χ2n) is 13.1. The minimum atomic E-state index is -0.760. The van der Waals surface area contributed by atoms with E-state index in [1.54, 1.807) is 12.2 Å². The first-order chi connectivity index (χ1) is 14.6. The number of rotatable bonds is 3. The summed E-state index contributed by atoms with van der Waals surface area (Å²) in [5.41, 5.74) is 1.38. The Morgan fingerprint density at radius 1 is 1.03 bits per heavy atom. The SMILES string of the molecule is CC(C)(C[C@@H]1C(C)(C)CC[C@]2(C)C3CC=C4C=C(O)C(=O)C=C4[C@]3(C)CC[C@@]12C)C(=O)O. The number of aliphatic hydroxyl groups excluding tert-OH is 1. The van der Waals surface area contributed by atoms with Crippen LogP contribution in [0.15, 0.2) is 35.1 Å². The number of aliphatic hydroxyl groups is 1. The summed E-state index contributed by atoms with van der Waals surface area (Å²) in [5.74, 6) is -0.474. The van der Waals surface area contributed by atoms with Crippen molar-refractivity contribution in [3.05, 3.63) is 35.1 Å². The topological polar surface area (TPSA) is 74.6 Å². The highest BCUT2D eigenvalue weighted by Gasteiger charge is 2.66. The van der Waals surface area contributed by atoms with Gasteiger partial charge in [0.25, 0.3) is 0 Å². The number of carbonyl (C=O) groups is 2. The van der Waals surface area contributed by atoms with Gasteiger partial charge in [0.2, 0.25) is 5.78 Å². The fourth-order valence-electron chi connectivity index (χ4n) is 8.17. The van der Waals surface area contributed by atoms with Crippen LogP contribution in [0, 0.1) is 38.9 Å². The summed E-state index contributed by atoms with van der Waals surface area (Å²) in [6.07, 6.45) is 11.4. The van der Waals surface area contributed by atoms with Gasteiger partial charge in [-0.05, 0) is 109 Å². The van der Waals surface area contributed by atoms with Crippen molar-refractivity contribution in [2.45, 2.75) is 87.0 Å². The van der Waals surface area contributed by atoms with Crippen molar-refractivity contribution in [2.75, 3.05) is 0 Å². The molecule has 0 radical (unpaired) electrons. The van der Waals surface area contributed by atoms with Crippen molar-refractivity contribution in [3.8, 4) is 0 Å². The summed E-state index contributed by atoms with van der Waals surface area (Å²) in [6.45, 7) is 15.6. The molecule has 0 aromatic rings. The second kappa shape index (κ2) is 6.84. The summed E-state index contributed by atoms with van der Waals surface area (Å²) in [6, 6.07) is 0. The first-order valence-electron chi connectivity index (χ1n) is 12.2. The highest BCUT2D eigenvalue weighted by Crippen LogP contribution is 2.74. The van der Waals surface area contributed by atoms with E-state index in [4.69, 9.17) is 0 Å². The molecule has 0 aliphatic heterocycles. The number of carbonyl (C=O) groups excluding carboxylic acids is 1. The van der Waals surface area contributed by atoms with Gasteiger partial charge in [0.05, 0.1) is 5.41 Å². The van der Waals surface area contributed by atoms with Gasteiger partial charge < -0.3 is 10.2 Å². The molecule has 1 unspecified atom stereocenters. The number of allylic oxidation sites excluding steroid dienone is 5. The van der Waals surface area contributed by atoms with Crippen LogP contribution in [-0.2, 0) is 9.59 Å². The maximum atomic E-state index is 12.4. The molecule has 0 spiro atoms. The van der Waals surface area contributed by atoms with Crippen LogP contribution in [0.25, 0.3) is 0 Å². The summed E-state index contributed by atoms with van der Waals surface area (Å²) < 4.78 is 0. The van der Waals surface area contributed by atoms with Crippen molar-refractivity contribution in [3.63, 3.8) is 0 Å². The fraction of sp³-hybridized carbons (Fsp3) is 0.714. The minimum absolute atomic E-state index is 0.0220. The van der Waals surface area contributed by atoms with E-state index >= 15 is 0 Å². The van der Waals surface area contributed by atoms with Gasteiger partial charge in [-0.2, -0.15) is 0 Å². The van der Waals surface area contributed by atoms with Crippen LogP contribution >= 0.6 is 0 Å². The zero-order valence-electron chi connectivity index (χ0n) is 20.8. The number of ketones is 1. The highest BCUT2D eigenvalue weighted by atomic mass is 16.4. The van der Waals surface area contributed by atoms with E-state index in [1.165, 1.54) is 0 Å². The number of aliphatic carboxylic acids is 1. The first-order valence-corrected chi connectivity index (χ1v) is 12.2. The summed E-state index contributed by atoms with van der Waals surface area (Å²) >= 11 is 0. The molecule has 5 atom stereocenters. The molecule has 2 saturated carbocycles. The average molecular weight is 441 g/mol. The van der Waals surface area contributed by atoms with E-state index in [0.717, 1.165) is 43.3 Å². The van der Waals surface area contributed by atoms with Crippen molar-refractivity contribution in [1.29, 1.82) is 0 Å². The van der Waals surface area contributed by atoms with E-state index in [1.807, 2.05) is 13.8 Å². The standard InChI is InChI=1S/C28H40O4/c1-24(2)10-12-27(6)21-9-8-17-14-19(29)20(30)15-18(17)26(21,5)11-13-28(27,7)22(24)16-25(3,4)23(31)32/h8,14-15,21-22,29H,9-13,16H2,1-7H3,(H,31,32)/t21?,22-,26+,27-,28+/m1/s1. The van der Waals surface area contributed by atoms with E-state index in [9.17, 15) is 19.8 Å². The lowest BCUT2D eigenvalue weighted by Gasteiger charge is -2.70. The van der Waals surface area contributed by atoms with Crippen LogP contribution in [-0.4, -0.2) is 22.0 Å². The minimum Gasteiger partial charge on any atom is -0.504 e. The third-order valence-electron chi connectivity index (χ3n) is 10.6. The van der Waals surface area contributed by atoms with Crippen LogP contribution in [0.3, 0.4) is 0 Å². The number of hydrogen-bond acceptors (Lipinski definition) is 3. The van der Waals surface area contributed by atoms with Crippen molar-refractivity contribution < 1.29 is 19.8 Å². The van der Waals surface area contributed by atoms with Gasteiger partial charge in [-0.25, -0.2) is 0 Å². The van der Waals surface area contributed by atoms with Crippen LogP contribution < -0.4 is 0 Å². The predicted octanol–water partition coefficient (Wildman–Crippen LogP) is 6.63. The lowest BCUT2D eigenvalue weighted by molar-refractivity contribution is -0.199. The van der Waals surface area contributed by atoms with Crippen LogP contribution in [0.4, 0.5) is 0 Å². The lowest BCUT2D eigenvalue weighted by Crippen LogP contribution is -2.63. The van der Waals surface area contributed by atoms with Gasteiger partial charge in [0.15, 0.2) is 5.76 Å². The third-order valence-corrected chi connectivity index (χ3v) is 10.6. The van der Waals surface area contributed by atoms with Gasteiger partial charge in [0.1, 0.15) is 0 Å². The molecule has 0 amide bonds. The molecular weight excluding hydrogens is 400 g/mol. The van der Waals surface area contributed by atoms with Gasteiger partial charge in [-0.1, -0.05) is 40.7 Å². The zero-order valence-corrected chi connectivity index (χ0v) is 20.8. The highest BCUT2D eigenvalue weighted by molar-refractivity contribution is 6.05. The van der Waals surface area contributed by atoms with Gasteiger partial charge >= 0.3 is 5.97 Å². The maximum Gasteiger partial charge on any atom is 0.309 e. The molecule has 4 aliphatic carbocycles. The van der Waals surface area contributed by atoms with E-state index in [-0.39, 0.29) is 33.2 Å². The van der Waals surface area contributed by atoms with Crippen molar-refractivity contribution in [2.24, 2.45) is 38.9 Å². The maximum absolute atomic E-state index is 12.4. The molecule has 32 heavy (non-hydrogen) atoms. The normalized spacial score (nSPS) is 40.8. The Morgan fingerprint density at radius 3 is 2.28 bits per heavy atom. The molecule has 4 aliphatic rings. The Kier molecular flexibility index (Phi) is 4.98. The summed E-state index contributed by atoms with van der Waals surface area (Å²) in [5, 5.41) is 19.9. The molecule has 0 aromatic heterocycles. The largest absolute Gasteiger partial charge is 0.504 e. The second-order valence-corrected chi connectivity index (χ2v) is 13.1. The number of carboxylic acids is 1. The van der Waals surface area contributed by atoms with Crippen molar-refractivity contribution in [1.82, 2.24) is 0 Å². The monoisotopic (exact) mass is 440 g/mol. The molecule has 0 heterocycles. The summed E-state index contributed by atoms with van der Waals surface area (Å²) in [7, 11) is 0. The number of carboxylic acid groups (broad SMARTS) is 1. The van der Waals surface area contributed by atoms with E-state index < -0.39 is 11.4 Å². The van der Waals surface area contributed by atoms with Gasteiger partial charge in [-0.3, -0.25) is 9.59 Å². The Balaban J connectivity index is 1.80. The predicted molar refractivity (Wildman–Crippen MR) is 126 cm³/mol. The van der Waals surface area contributed by atoms with Crippen LogP contribution in [0.1, 0.15) is 87.0 Å². The zero-order chi connectivity index (χ0) is 23.9. The first kappa shape index (κ1) is 23.3. The molecule has 0 aromatic carbocycles. The van der Waals surface area contributed by atoms with E-state index in [0.29, 0.717) is 18.3 Å². The third kappa shape index (κ3) is 3.00. The quantitative estimate of drug-likeness (QED) is 0.516. The fourth-order valence-corrected chi connectivity index (χ4v) is 8.17. The smallest absolute Gasteiger partial charge is 0.309 e. The Bertz CT molecular complexity index is 964. The molecule has 0 saturated heterocycles. The molecule has 2 fully saturated rings. The van der Waals surface area contributed by atoms with Crippen LogP contribution in [0.5, 0.6) is 0 Å². The molecule has 2 N–H and O–H groups in total. The van der Waals surface area contributed by atoms with E-state index in [2.05, 4.69) is 40.7 Å². The molecular formula is C28H40O4. The molecule has 4 rings (SSSR count). The lowest BCUT2D eigenvalue weighted by atomic mass is 9.34. The Morgan fingerprint density at radius 2 is 1.66 bits per heavy atom. The van der Waals surface area contributed by atoms with Gasteiger partial charge in [-0.15, -0.1) is 0 Å². The molecule has 4 nitrogen and oxygen atoms in total. The molecule has 176 valence electrons. The Labute approximate surface area is 192 Å². The number of fused-ring (bicyclic) bond motifs is 5. The van der Waals surface area contributed by atoms with Gasteiger partial charge in [0, 0.05) is 0 Å². The average Bonchev–Trinajstić information content (AvgIpc) is 2.68. The number of hydrogen-bond donors (Lipinski definition) is 2.